The van der Waals surface area contributed by atoms with Gasteiger partial charge in [-0.05, 0) is 38.3 Å². The lowest BCUT2D eigenvalue weighted by Crippen LogP contribution is -2.46. The molecule has 0 aliphatic carbocycles. The van der Waals surface area contributed by atoms with Crippen molar-refractivity contribution in [3.63, 3.8) is 0 Å². The molecule has 0 atom stereocenters. The fourth-order valence-corrected chi connectivity index (χ4v) is 3.36. The molecule has 0 bridgehead atoms. The van der Waals surface area contributed by atoms with Crippen LogP contribution < -0.4 is 5.73 Å². The van der Waals surface area contributed by atoms with E-state index in [4.69, 9.17) is 5.73 Å². The molecule has 1 aromatic heterocycles. The largest absolute Gasteiger partial charge is 0.343 e. The first-order valence-corrected chi connectivity index (χ1v) is 9.36. The van der Waals surface area contributed by atoms with Crippen LogP contribution in [-0.4, -0.2) is 64.8 Å². The van der Waals surface area contributed by atoms with Gasteiger partial charge in [0.1, 0.15) is 0 Å². The van der Waals surface area contributed by atoms with Crippen LogP contribution in [0.3, 0.4) is 0 Å². The number of carbonyl (C=O) groups is 1. The summed E-state index contributed by atoms with van der Waals surface area (Å²) in [6.45, 7) is 4.87. The number of halogens is 3. The van der Waals surface area contributed by atoms with E-state index in [1.165, 1.54) is 0 Å². The van der Waals surface area contributed by atoms with Crippen LogP contribution in [0.25, 0.3) is 0 Å². The van der Waals surface area contributed by atoms with E-state index in [2.05, 4.69) is 10.00 Å². The molecule has 0 spiro atoms. The number of nitrogens with two attached hydrogens (primary N) is 1. The van der Waals surface area contributed by atoms with Crippen molar-refractivity contribution in [1.82, 2.24) is 19.6 Å². The van der Waals surface area contributed by atoms with E-state index in [0.29, 0.717) is 18.4 Å². The molecule has 27 heavy (non-hydrogen) atoms. The zero-order chi connectivity index (χ0) is 17.2. The first kappa shape index (κ1) is 28.7. The third-order valence-corrected chi connectivity index (χ3v) is 5.05. The lowest BCUT2D eigenvalue weighted by molar-refractivity contribution is -0.133. The summed E-state index contributed by atoms with van der Waals surface area (Å²) in [6.07, 6.45) is 11.0. The van der Waals surface area contributed by atoms with E-state index in [9.17, 15) is 4.79 Å². The van der Waals surface area contributed by atoms with E-state index in [1.54, 1.807) is 0 Å². The summed E-state index contributed by atoms with van der Waals surface area (Å²) in [5.41, 5.74) is 5.49. The summed E-state index contributed by atoms with van der Waals surface area (Å²) in [6, 6.07) is 2.37. The summed E-state index contributed by atoms with van der Waals surface area (Å²) in [5, 5.41) is 4.24. The van der Waals surface area contributed by atoms with Crippen molar-refractivity contribution in [3.05, 3.63) is 18.5 Å². The van der Waals surface area contributed by atoms with Crippen molar-refractivity contribution in [1.29, 1.82) is 0 Å². The number of carbonyl (C=O) groups excluding carboxylic acids is 1. The number of hydrogen-bond donors (Lipinski definition) is 1. The third kappa shape index (κ3) is 10.5. The molecule has 2 rings (SSSR count). The van der Waals surface area contributed by atoms with Gasteiger partial charge >= 0.3 is 0 Å². The van der Waals surface area contributed by atoms with Crippen LogP contribution in [0, 0.1) is 0 Å². The fraction of sp³-hybridized carbons (Fsp3) is 0.778. The summed E-state index contributed by atoms with van der Waals surface area (Å²) >= 11 is 0. The van der Waals surface area contributed by atoms with Gasteiger partial charge in [0.05, 0.1) is 6.54 Å². The van der Waals surface area contributed by atoms with E-state index in [1.807, 2.05) is 35.1 Å². The molecule has 1 aliphatic heterocycles. The number of unbranched alkanes of at least 4 members (excludes halogenated alkanes) is 3. The van der Waals surface area contributed by atoms with Crippen molar-refractivity contribution >= 4 is 43.1 Å². The summed E-state index contributed by atoms with van der Waals surface area (Å²) in [5.74, 6) is 0.303. The number of rotatable bonds is 10. The highest BCUT2D eigenvalue weighted by atomic mass is 35.5. The topological polar surface area (TPSA) is 67.4 Å². The minimum atomic E-state index is 0. The maximum atomic E-state index is 12.3. The van der Waals surface area contributed by atoms with E-state index in [0.717, 1.165) is 71.2 Å². The second-order valence-electron chi connectivity index (χ2n) is 6.80. The van der Waals surface area contributed by atoms with Crippen molar-refractivity contribution < 1.29 is 4.79 Å². The van der Waals surface area contributed by atoms with Gasteiger partial charge in [-0.25, -0.2) is 0 Å². The Labute approximate surface area is 182 Å². The number of hydrogen-bond acceptors (Lipinski definition) is 4. The molecule has 1 aromatic rings. The lowest BCUT2D eigenvalue weighted by atomic mass is 10.0. The van der Waals surface area contributed by atoms with Crippen LogP contribution in [0.4, 0.5) is 0 Å². The van der Waals surface area contributed by atoms with Crippen molar-refractivity contribution in [2.45, 2.75) is 57.5 Å². The standard InChI is InChI=1S/C18H33N5O.3ClH/c1-21(18(24)7-4-2-3-5-10-19)17-8-13-22(14-9-17)15-16-23-12-6-11-20-23;;;/h6,11-12,17H,2-5,7-10,13-16,19H2,1H3;3*1H. The highest BCUT2D eigenvalue weighted by Gasteiger charge is 2.24. The van der Waals surface area contributed by atoms with Crippen molar-refractivity contribution in [2.75, 3.05) is 33.2 Å². The van der Waals surface area contributed by atoms with Gasteiger partial charge in [-0.15, -0.1) is 37.2 Å². The van der Waals surface area contributed by atoms with Crippen LogP contribution in [-0.2, 0) is 11.3 Å². The zero-order valence-electron chi connectivity index (χ0n) is 16.3. The molecule has 2 heterocycles. The molecule has 6 nitrogen and oxygen atoms in total. The minimum Gasteiger partial charge on any atom is -0.343 e. The Morgan fingerprint density at radius 1 is 1.11 bits per heavy atom. The molecule has 0 radical (unpaired) electrons. The molecule has 1 fully saturated rings. The Balaban J connectivity index is 0. The maximum absolute atomic E-state index is 12.3. The molecule has 0 aromatic carbocycles. The predicted octanol–water partition coefficient (Wildman–Crippen LogP) is 2.98. The smallest absolute Gasteiger partial charge is 0.222 e. The van der Waals surface area contributed by atoms with Gasteiger partial charge < -0.3 is 15.5 Å². The zero-order valence-corrected chi connectivity index (χ0v) is 18.7. The average Bonchev–Trinajstić information content (AvgIpc) is 3.13. The summed E-state index contributed by atoms with van der Waals surface area (Å²) in [7, 11) is 1.98. The fourth-order valence-electron chi connectivity index (χ4n) is 3.36. The molecule has 9 heteroatoms. The molecule has 1 saturated heterocycles. The molecule has 1 amide bonds. The molecule has 160 valence electrons. The number of aromatic nitrogens is 2. The van der Waals surface area contributed by atoms with E-state index >= 15 is 0 Å². The molecule has 0 unspecified atom stereocenters. The second kappa shape index (κ2) is 16.4. The molecule has 0 saturated carbocycles. The van der Waals surface area contributed by atoms with Gasteiger partial charge in [-0.3, -0.25) is 9.48 Å². The SMILES string of the molecule is CN(C(=O)CCCCCCN)C1CCN(CCn2cccn2)CC1.Cl.Cl.Cl. The number of nitrogens with zero attached hydrogens (tertiary/aromatic N) is 4. The Morgan fingerprint density at radius 2 is 1.78 bits per heavy atom. The van der Waals surface area contributed by atoms with Crippen LogP contribution in [0.15, 0.2) is 18.5 Å². The lowest BCUT2D eigenvalue weighted by Gasteiger charge is -2.36. The van der Waals surface area contributed by atoms with Crippen molar-refractivity contribution in [2.24, 2.45) is 5.73 Å². The van der Waals surface area contributed by atoms with Gasteiger partial charge in [0, 0.05) is 51.5 Å². The Hall–Kier alpha value is -0.530. The second-order valence-corrected chi connectivity index (χ2v) is 6.80. The first-order chi connectivity index (χ1) is 11.7. The molecular weight excluding hydrogens is 409 g/mol. The number of likely N-dealkylation sites (tertiary alicyclic amines) is 1. The number of amides is 1. The highest BCUT2D eigenvalue weighted by Crippen LogP contribution is 2.17. The summed E-state index contributed by atoms with van der Waals surface area (Å²) < 4.78 is 1.98. The number of piperidine rings is 1. The van der Waals surface area contributed by atoms with Gasteiger partial charge in [-0.1, -0.05) is 12.8 Å². The normalized spacial score (nSPS) is 14.6. The van der Waals surface area contributed by atoms with Crippen LogP contribution >= 0.6 is 37.2 Å². The molecule has 2 N–H and O–H groups in total. The molecule has 1 aliphatic rings. The Kier molecular flexibility index (Phi) is 17.4. The minimum absolute atomic E-state index is 0. The highest BCUT2D eigenvalue weighted by molar-refractivity contribution is 5.86. The van der Waals surface area contributed by atoms with Crippen molar-refractivity contribution in [3.8, 4) is 0 Å². The van der Waals surface area contributed by atoms with E-state index < -0.39 is 0 Å². The van der Waals surface area contributed by atoms with Gasteiger partial charge in [0.25, 0.3) is 0 Å². The molecular formula is C18H36Cl3N5O. The van der Waals surface area contributed by atoms with Gasteiger partial charge in [0.15, 0.2) is 0 Å². The van der Waals surface area contributed by atoms with Gasteiger partial charge in [0.2, 0.25) is 5.91 Å². The Bertz CT molecular complexity index is 468. The first-order valence-electron chi connectivity index (χ1n) is 9.36. The van der Waals surface area contributed by atoms with Crippen LogP contribution in [0.1, 0.15) is 44.9 Å². The average molecular weight is 445 g/mol. The van der Waals surface area contributed by atoms with Crippen LogP contribution in [0.5, 0.6) is 0 Å². The monoisotopic (exact) mass is 443 g/mol. The Morgan fingerprint density at radius 3 is 2.37 bits per heavy atom. The third-order valence-electron chi connectivity index (χ3n) is 5.05. The van der Waals surface area contributed by atoms with Gasteiger partial charge in [-0.2, -0.15) is 5.10 Å². The summed E-state index contributed by atoms with van der Waals surface area (Å²) in [4.78, 5) is 16.8. The quantitative estimate of drug-likeness (QED) is 0.563. The van der Waals surface area contributed by atoms with E-state index in [-0.39, 0.29) is 37.2 Å². The maximum Gasteiger partial charge on any atom is 0.222 e. The van der Waals surface area contributed by atoms with Crippen LogP contribution in [0.2, 0.25) is 0 Å². The predicted molar refractivity (Wildman–Crippen MR) is 118 cm³/mol.